The number of H-pyrrole nitrogens is 1. The largest absolute Gasteiger partial charge is 0.339 e. The summed E-state index contributed by atoms with van der Waals surface area (Å²) >= 11 is 2.86. The Kier molecular flexibility index (Phi) is 8.26. The van der Waals surface area contributed by atoms with E-state index in [1.165, 1.54) is 35.2 Å². The first-order chi connectivity index (χ1) is 14.9. The molecular formula is C23H28FN3O2S2. The molecule has 1 aromatic carbocycles. The summed E-state index contributed by atoms with van der Waals surface area (Å²) in [5.41, 5.74) is 1.32. The molecule has 31 heavy (non-hydrogen) atoms. The van der Waals surface area contributed by atoms with Crippen molar-refractivity contribution in [3.05, 3.63) is 51.6 Å². The SMILES string of the molecule is CCCCN(C(=O)CSCc1nc2scc(-c3ccc(F)cc3)c2c(=O)[nH]1)[C@@H](C)CC. The third-order valence-electron chi connectivity index (χ3n) is 5.31. The van der Waals surface area contributed by atoms with E-state index in [0.29, 0.717) is 27.5 Å². The van der Waals surface area contributed by atoms with Crippen molar-refractivity contribution in [3.63, 3.8) is 0 Å². The van der Waals surface area contributed by atoms with E-state index in [1.54, 1.807) is 12.1 Å². The molecular weight excluding hydrogens is 433 g/mol. The van der Waals surface area contributed by atoms with Crippen LogP contribution in [0.3, 0.4) is 0 Å². The molecule has 0 aliphatic rings. The Bertz CT molecular complexity index is 1080. The number of fused-ring (bicyclic) bond motifs is 1. The Hall–Kier alpha value is -2.19. The molecule has 3 rings (SSSR count). The number of benzene rings is 1. The molecule has 2 aromatic heterocycles. The summed E-state index contributed by atoms with van der Waals surface area (Å²) in [6.07, 6.45) is 2.99. The first-order valence-corrected chi connectivity index (χ1v) is 12.6. The molecule has 1 amide bonds. The Morgan fingerprint density at radius 3 is 2.71 bits per heavy atom. The lowest BCUT2D eigenvalue weighted by Crippen LogP contribution is -2.40. The second-order valence-corrected chi connectivity index (χ2v) is 9.38. The average molecular weight is 462 g/mol. The van der Waals surface area contributed by atoms with Crippen LogP contribution in [0, 0.1) is 5.82 Å². The highest BCUT2D eigenvalue weighted by Crippen LogP contribution is 2.31. The molecule has 166 valence electrons. The summed E-state index contributed by atoms with van der Waals surface area (Å²) in [4.78, 5) is 35.5. The van der Waals surface area contributed by atoms with Gasteiger partial charge >= 0.3 is 0 Å². The molecule has 0 aliphatic heterocycles. The van der Waals surface area contributed by atoms with E-state index in [2.05, 4.69) is 30.7 Å². The van der Waals surface area contributed by atoms with Crippen LogP contribution in [0.25, 0.3) is 21.3 Å². The van der Waals surface area contributed by atoms with E-state index < -0.39 is 0 Å². The maximum atomic E-state index is 13.2. The van der Waals surface area contributed by atoms with Crippen molar-refractivity contribution < 1.29 is 9.18 Å². The third kappa shape index (κ3) is 5.74. The fraction of sp³-hybridized carbons (Fsp3) is 0.435. The maximum absolute atomic E-state index is 13.2. The third-order valence-corrected chi connectivity index (χ3v) is 7.11. The summed E-state index contributed by atoms with van der Waals surface area (Å²) in [6.45, 7) is 7.08. The highest BCUT2D eigenvalue weighted by Gasteiger charge is 2.19. The Balaban J connectivity index is 1.69. The zero-order chi connectivity index (χ0) is 22.4. The van der Waals surface area contributed by atoms with Gasteiger partial charge in [-0.05, 0) is 37.5 Å². The van der Waals surface area contributed by atoms with E-state index in [4.69, 9.17) is 0 Å². The van der Waals surface area contributed by atoms with Crippen molar-refractivity contribution in [3.8, 4) is 11.1 Å². The van der Waals surface area contributed by atoms with Gasteiger partial charge in [-0.1, -0.05) is 32.4 Å². The number of unbranched alkanes of at least 4 members (excludes halogenated alkanes) is 1. The first-order valence-electron chi connectivity index (χ1n) is 10.6. The van der Waals surface area contributed by atoms with Crippen molar-refractivity contribution in [2.75, 3.05) is 12.3 Å². The second kappa shape index (κ2) is 10.9. The molecule has 0 saturated carbocycles. The van der Waals surface area contributed by atoms with Crippen LogP contribution in [0.4, 0.5) is 4.39 Å². The lowest BCUT2D eigenvalue weighted by atomic mass is 10.1. The minimum atomic E-state index is -0.314. The van der Waals surface area contributed by atoms with Gasteiger partial charge in [0.05, 0.1) is 16.9 Å². The van der Waals surface area contributed by atoms with E-state index in [0.717, 1.165) is 36.9 Å². The van der Waals surface area contributed by atoms with Crippen molar-refractivity contribution in [2.45, 2.75) is 51.8 Å². The Labute approximate surface area is 190 Å². The van der Waals surface area contributed by atoms with E-state index >= 15 is 0 Å². The number of hydrogen-bond donors (Lipinski definition) is 1. The first kappa shape index (κ1) is 23.5. The fourth-order valence-corrected chi connectivity index (χ4v) is 5.10. The number of halogens is 1. The molecule has 1 N–H and O–H groups in total. The Morgan fingerprint density at radius 2 is 2.03 bits per heavy atom. The smallest absolute Gasteiger partial charge is 0.260 e. The molecule has 0 fully saturated rings. The maximum Gasteiger partial charge on any atom is 0.260 e. The van der Waals surface area contributed by atoms with Gasteiger partial charge in [0.15, 0.2) is 0 Å². The normalized spacial score (nSPS) is 12.3. The minimum absolute atomic E-state index is 0.131. The lowest BCUT2D eigenvalue weighted by molar-refractivity contribution is -0.130. The Morgan fingerprint density at radius 1 is 1.29 bits per heavy atom. The molecule has 0 saturated heterocycles. The van der Waals surface area contributed by atoms with Gasteiger partial charge in [-0.25, -0.2) is 9.37 Å². The van der Waals surface area contributed by atoms with Crippen molar-refractivity contribution in [1.82, 2.24) is 14.9 Å². The van der Waals surface area contributed by atoms with Crippen LogP contribution < -0.4 is 5.56 Å². The van der Waals surface area contributed by atoms with E-state index in [9.17, 15) is 14.0 Å². The summed E-state index contributed by atoms with van der Waals surface area (Å²) in [7, 11) is 0. The van der Waals surface area contributed by atoms with Gasteiger partial charge in [0.25, 0.3) is 5.56 Å². The highest BCUT2D eigenvalue weighted by molar-refractivity contribution is 7.99. The molecule has 0 radical (unpaired) electrons. The molecule has 8 heteroatoms. The second-order valence-electron chi connectivity index (χ2n) is 7.54. The molecule has 3 aromatic rings. The quantitative estimate of drug-likeness (QED) is 0.436. The number of thiophene rings is 1. The number of hydrogen-bond acceptors (Lipinski definition) is 5. The number of aromatic amines is 1. The average Bonchev–Trinajstić information content (AvgIpc) is 3.19. The number of thioether (sulfide) groups is 1. The van der Waals surface area contributed by atoms with Crippen LogP contribution in [0.5, 0.6) is 0 Å². The predicted molar refractivity (Wildman–Crippen MR) is 128 cm³/mol. The van der Waals surface area contributed by atoms with Crippen LogP contribution in [0.15, 0.2) is 34.4 Å². The van der Waals surface area contributed by atoms with Crippen LogP contribution in [-0.2, 0) is 10.5 Å². The summed E-state index contributed by atoms with van der Waals surface area (Å²) in [6, 6.07) is 6.31. The molecule has 0 aliphatic carbocycles. The number of carbonyl (C=O) groups is 1. The number of rotatable bonds is 10. The van der Waals surface area contributed by atoms with Crippen LogP contribution in [-0.4, -0.2) is 39.1 Å². The van der Waals surface area contributed by atoms with Crippen molar-refractivity contribution >= 4 is 39.2 Å². The molecule has 0 unspecified atom stereocenters. The van der Waals surface area contributed by atoms with Crippen LogP contribution in [0.2, 0.25) is 0 Å². The molecule has 0 bridgehead atoms. The number of aromatic nitrogens is 2. The van der Waals surface area contributed by atoms with Crippen molar-refractivity contribution in [1.29, 1.82) is 0 Å². The van der Waals surface area contributed by atoms with Gasteiger partial charge < -0.3 is 9.88 Å². The zero-order valence-electron chi connectivity index (χ0n) is 18.1. The number of carbonyl (C=O) groups excluding carboxylic acids is 1. The van der Waals surface area contributed by atoms with Gasteiger partial charge in [-0.3, -0.25) is 9.59 Å². The summed E-state index contributed by atoms with van der Waals surface area (Å²) < 4.78 is 13.2. The van der Waals surface area contributed by atoms with Gasteiger partial charge in [-0.15, -0.1) is 23.1 Å². The standard InChI is InChI=1S/C23H28FN3O2S2/c1-4-6-11-27(15(3)5-2)20(28)14-30-13-19-25-22(29)21-18(12-31-23(21)26-19)16-7-9-17(24)10-8-16/h7-10,12,15H,4-6,11,13-14H2,1-3H3,(H,25,26,29)/t15-/m0/s1. The van der Waals surface area contributed by atoms with E-state index in [1.807, 2.05) is 10.3 Å². The number of nitrogens with one attached hydrogen (secondary N) is 1. The van der Waals surface area contributed by atoms with Gasteiger partial charge in [0.1, 0.15) is 16.5 Å². The van der Waals surface area contributed by atoms with Crippen LogP contribution >= 0.6 is 23.1 Å². The van der Waals surface area contributed by atoms with Gasteiger partial charge in [0.2, 0.25) is 5.91 Å². The van der Waals surface area contributed by atoms with Gasteiger partial charge in [0, 0.05) is 23.5 Å². The number of nitrogens with zero attached hydrogens (tertiary/aromatic N) is 2. The van der Waals surface area contributed by atoms with Crippen molar-refractivity contribution in [2.24, 2.45) is 0 Å². The predicted octanol–water partition coefficient (Wildman–Crippen LogP) is 5.45. The monoisotopic (exact) mass is 461 g/mol. The van der Waals surface area contributed by atoms with Gasteiger partial charge in [-0.2, -0.15) is 0 Å². The topological polar surface area (TPSA) is 66.1 Å². The van der Waals surface area contributed by atoms with E-state index in [-0.39, 0.29) is 23.3 Å². The van der Waals surface area contributed by atoms with Crippen LogP contribution in [0.1, 0.15) is 45.9 Å². The molecule has 5 nitrogen and oxygen atoms in total. The summed E-state index contributed by atoms with van der Waals surface area (Å²) in [5, 5.41) is 2.39. The molecule has 2 heterocycles. The molecule has 0 spiro atoms. The zero-order valence-corrected chi connectivity index (χ0v) is 19.7. The molecule has 1 atom stereocenters. The minimum Gasteiger partial charge on any atom is -0.339 e. The fourth-order valence-electron chi connectivity index (χ4n) is 3.36. The summed E-state index contributed by atoms with van der Waals surface area (Å²) in [5.74, 6) is 1.20. The number of amides is 1. The lowest BCUT2D eigenvalue weighted by Gasteiger charge is -2.28. The highest BCUT2D eigenvalue weighted by atomic mass is 32.2.